The number of aryl methyl sites for hydroxylation is 1. The number of hydrogen-bond acceptors (Lipinski definition) is 6. The van der Waals surface area contributed by atoms with Crippen molar-refractivity contribution in [2.45, 2.75) is 38.9 Å². The number of pyridine rings is 1. The van der Waals surface area contributed by atoms with Gasteiger partial charge in [-0.25, -0.2) is 15.0 Å². The second kappa shape index (κ2) is 7.88. The molecule has 0 aromatic carbocycles. The van der Waals surface area contributed by atoms with E-state index in [9.17, 15) is 18.0 Å². The van der Waals surface area contributed by atoms with Crippen molar-refractivity contribution < 1.29 is 22.7 Å². The number of halogens is 3. The Morgan fingerprint density at radius 3 is 2.83 bits per heavy atom. The minimum Gasteiger partial charge on any atom is -0.467 e. The molecule has 3 heterocycles. The highest BCUT2D eigenvalue weighted by molar-refractivity contribution is 5.99. The van der Waals surface area contributed by atoms with Gasteiger partial charge in [0.15, 0.2) is 6.61 Å². The summed E-state index contributed by atoms with van der Waals surface area (Å²) in [5, 5.41) is 7.98. The topological polar surface area (TPSA) is 94.8 Å². The normalized spacial score (nSPS) is 14.1. The van der Waals surface area contributed by atoms with E-state index in [4.69, 9.17) is 0 Å². The molecule has 1 amide bonds. The Morgan fingerprint density at radius 1 is 1.33 bits per heavy atom. The number of fused-ring (bicyclic) bond motifs is 1. The van der Waals surface area contributed by atoms with E-state index in [1.54, 1.807) is 23.1 Å². The van der Waals surface area contributed by atoms with Crippen LogP contribution in [0.15, 0.2) is 24.7 Å². The van der Waals surface area contributed by atoms with Crippen molar-refractivity contribution in [3.63, 3.8) is 0 Å². The van der Waals surface area contributed by atoms with Crippen LogP contribution in [-0.4, -0.2) is 43.4 Å². The molecule has 1 N–H and O–H groups in total. The van der Waals surface area contributed by atoms with Crippen molar-refractivity contribution in [2.24, 2.45) is 5.92 Å². The summed E-state index contributed by atoms with van der Waals surface area (Å²) in [5.74, 6) is 0.687. The van der Waals surface area contributed by atoms with Gasteiger partial charge in [0.1, 0.15) is 5.82 Å². The number of alkyl halides is 3. The highest BCUT2D eigenvalue weighted by atomic mass is 19.4. The Kier molecular flexibility index (Phi) is 5.27. The lowest BCUT2D eigenvalue weighted by Gasteiger charge is -2.10. The molecule has 30 heavy (non-hydrogen) atoms. The molecule has 11 heteroatoms. The molecule has 0 radical (unpaired) electrons. The molecule has 0 atom stereocenters. The van der Waals surface area contributed by atoms with Gasteiger partial charge >= 0.3 is 6.18 Å². The molecule has 3 aromatic rings. The number of aromatic nitrogens is 5. The van der Waals surface area contributed by atoms with Crippen molar-refractivity contribution in [2.75, 3.05) is 11.9 Å². The molecule has 1 fully saturated rings. The lowest BCUT2D eigenvalue weighted by Crippen LogP contribution is -2.20. The predicted molar refractivity (Wildman–Crippen MR) is 101 cm³/mol. The Labute approximate surface area is 169 Å². The lowest BCUT2D eigenvalue weighted by molar-refractivity contribution is -0.154. The summed E-state index contributed by atoms with van der Waals surface area (Å²) in [6.07, 6.45) is 2.88. The second-order valence-corrected chi connectivity index (χ2v) is 7.27. The van der Waals surface area contributed by atoms with Crippen LogP contribution in [0.5, 0.6) is 5.88 Å². The van der Waals surface area contributed by atoms with Gasteiger partial charge in [0, 0.05) is 18.8 Å². The van der Waals surface area contributed by atoms with Crippen molar-refractivity contribution in [1.29, 1.82) is 0 Å². The number of anilines is 1. The molecule has 0 aliphatic heterocycles. The Bertz CT molecular complexity index is 1080. The summed E-state index contributed by atoms with van der Waals surface area (Å²) in [7, 11) is 0. The Morgan fingerprint density at radius 2 is 2.13 bits per heavy atom. The van der Waals surface area contributed by atoms with Crippen LogP contribution in [0, 0.1) is 12.8 Å². The zero-order valence-electron chi connectivity index (χ0n) is 16.1. The molecule has 158 valence electrons. The fourth-order valence-electron chi connectivity index (χ4n) is 2.99. The van der Waals surface area contributed by atoms with Gasteiger partial charge in [-0.05, 0) is 31.7 Å². The number of ether oxygens (including phenoxy) is 1. The van der Waals surface area contributed by atoms with Gasteiger partial charge in [0.25, 0.3) is 0 Å². The van der Waals surface area contributed by atoms with Crippen LogP contribution in [-0.2, 0) is 11.3 Å². The zero-order chi connectivity index (χ0) is 21.3. The van der Waals surface area contributed by atoms with Gasteiger partial charge in [-0.3, -0.25) is 9.48 Å². The van der Waals surface area contributed by atoms with Crippen LogP contribution < -0.4 is 10.1 Å². The van der Waals surface area contributed by atoms with E-state index in [-0.39, 0.29) is 24.0 Å². The minimum absolute atomic E-state index is 0.0683. The first kappa shape index (κ1) is 20.0. The van der Waals surface area contributed by atoms with Crippen molar-refractivity contribution in [3.8, 4) is 5.88 Å². The zero-order valence-corrected chi connectivity index (χ0v) is 16.1. The molecule has 0 unspecified atom stereocenters. The summed E-state index contributed by atoms with van der Waals surface area (Å²) in [6.45, 7) is 0.353. The number of amides is 1. The van der Waals surface area contributed by atoms with Crippen molar-refractivity contribution >= 4 is 22.6 Å². The number of carbonyl (C=O) groups is 1. The van der Waals surface area contributed by atoms with Crippen molar-refractivity contribution in [1.82, 2.24) is 24.7 Å². The van der Waals surface area contributed by atoms with Gasteiger partial charge in [0.2, 0.25) is 11.8 Å². The maximum absolute atomic E-state index is 12.3. The number of hydrogen-bond donors (Lipinski definition) is 1. The first-order chi connectivity index (χ1) is 14.3. The van der Waals surface area contributed by atoms with E-state index in [2.05, 4.69) is 30.1 Å². The quantitative estimate of drug-likeness (QED) is 0.631. The average Bonchev–Trinajstić information content (AvgIpc) is 3.36. The van der Waals surface area contributed by atoms with E-state index in [0.29, 0.717) is 34.8 Å². The summed E-state index contributed by atoms with van der Waals surface area (Å²) in [5.41, 5.74) is 1.41. The smallest absolute Gasteiger partial charge is 0.422 e. The summed E-state index contributed by atoms with van der Waals surface area (Å²) < 4.78 is 43.2. The Hall–Kier alpha value is -3.24. The summed E-state index contributed by atoms with van der Waals surface area (Å²) >= 11 is 0. The molecule has 1 saturated carbocycles. The number of carbonyl (C=O) groups excluding carboxylic acids is 1. The van der Waals surface area contributed by atoms with Gasteiger partial charge in [-0.2, -0.15) is 18.3 Å². The van der Waals surface area contributed by atoms with Gasteiger partial charge in [0.05, 0.1) is 35.0 Å². The second-order valence-electron chi connectivity index (χ2n) is 7.27. The van der Waals surface area contributed by atoms with E-state index >= 15 is 0 Å². The highest BCUT2D eigenvalue weighted by Crippen LogP contribution is 2.32. The molecule has 4 rings (SSSR count). The highest BCUT2D eigenvalue weighted by Gasteiger charge is 2.29. The van der Waals surface area contributed by atoms with Crippen LogP contribution in [0.4, 0.5) is 19.0 Å². The molecule has 1 aliphatic carbocycles. The molecule has 0 bridgehead atoms. The molecule has 3 aromatic heterocycles. The molecule has 0 spiro atoms. The first-order valence-electron chi connectivity index (χ1n) is 9.41. The fraction of sp³-hybridized carbons (Fsp3) is 0.421. The summed E-state index contributed by atoms with van der Waals surface area (Å²) in [4.78, 5) is 24.5. The SMILES string of the molecule is Cc1nc(Cn2cc3c(NC(=O)CC4CC4)nccc3n2)cnc1OCC(F)(F)F. The van der Waals surface area contributed by atoms with Crippen molar-refractivity contribution in [3.05, 3.63) is 36.0 Å². The van der Waals surface area contributed by atoms with Gasteiger partial charge in [-0.15, -0.1) is 0 Å². The average molecular weight is 420 g/mol. The molecular weight excluding hydrogens is 401 g/mol. The molecular formula is C19H19F3N6O2. The summed E-state index contributed by atoms with van der Waals surface area (Å²) in [6, 6.07) is 1.73. The Balaban J connectivity index is 1.48. The third-order valence-corrected chi connectivity index (χ3v) is 4.56. The first-order valence-corrected chi connectivity index (χ1v) is 9.41. The monoisotopic (exact) mass is 420 g/mol. The standard InChI is InChI=1S/C19H19F3N6O2/c1-11-18(30-10-19(20,21)22)24-7-13(25-11)8-28-9-14-15(27-28)4-5-23-17(14)26-16(29)6-12-2-3-12/h4-5,7,9,12H,2-3,6,8,10H2,1H3,(H,23,26,29). The maximum Gasteiger partial charge on any atom is 0.422 e. The van der Waals surface area contributed by atoms with E-state index in [1.807, 2.05) is 0 Å². The number of rotatable bonds is 7. The van der Waals surface area contributed by atoms with Crippen LogP contribution in [0.3, 0.4) is 0 Å². The third-order valence-electron chi connectivity index (χ3n) is 4.56. The molecule has 8 nitrogen and oxygen atoms in total. The number of nitrogens with zero attached hydrogens (tertiary/aromatic N) is 5. The molecule has 1 aliphatic rings. The molecule has 0 saturated heterocycles. The van der Waals surface area contributed by atoms with Gasteiger partial charge in [-0.1, -0.05) is 0 Å². The third kappa shape index (κ3) is 5.02. The van der Waals surface area contributed by atoms with E-state index < -0.39 is 12.8 Å². The van der Waals surface area contributed by atoms with Crippen LogP contribution in [0.2, 0.25) is 0 Å². The maximum atomic E-state index is 12.3. The predicted octanol–water partition coefficient (Wildman–Crippen LogP) is 3.26. The van der Waals surface area contributed by atoms with E-state index in [1.165, 1.54) is 13.1 Å². The van der Waals surface area contributed by atoms with Crippen LogP contribution in [0.25, 0.3) is 10.9 Å². The van der Waals surface area contributed by atoms with E-state index in [0.717, 1.165) is 12.8 Å². The fourth-order valence-corrected chi connectivity index (χ4v) is 2.99. The van der Waals surface area contributed by atoms with Crippen LogP contribution in [0.1, 0.15) is 30.7 Å². The lowest BCUT2D eigenvalue weighted by atomic mass is 10.2. The largest absolute Gasteiger partial charge is 0.467 e. The minimum atomic E-state index is -4.44. The number of nitrogens with one attached hydrogen (secondary N) is 1. The van der Waals surface area contributed by atoms with Crippen LogP contribution >= 0.6 is 0 Å². The van der Waals surface area contributed by atoms with Gasteiger partial charge < -0.3 is 10.1 Å².